The summed E-state index contributed by atoms with van der Waals surface area (Å²) in [6, 6.07) is 14.1. The Balaban J connectivity index is 2.18. The summed E-state index contributed by atoms with van der Waals surface area (Å²) in [6.45, 7) is 2.64. The van der Waals surface area contributed by atoms with E-state index >= 15 is 0 Å². The number of carbonyl (C=O) groups excluding carboxylic acids is 1. The molecule has 2 atom stereocenters. The highest BCUT2D eigenvalue weighted by Crippen LogP contribution is 2.42. The van der Waals surface area contributed by atoms with Crippen molar-refractivity contribution >= 4 is 11.9 Å². The van der Waals surface area contributed by atoms with Crippen molar-refractivity contribution in [1.82, 2.24) is 4.90 Å². The third kappa shape index (κ3) is 3.15. The molecule has 3 rings (SSSR count). The number of ether oxygens (including phenoxy) is 1. The number of carboxylic acids is 1. The van der Waals surface area contributed by atoms with Crippen LogP contribution in [0.15, 0.2) is 48.5 Å². The number of carboxylic acid groups (broad SMARTS) is 1. The zero-order chi connectivity index (χ0) is 18.0. The summed E-state index contributed by atoms with van der Waals surface area (Å²) < 4.78 is 5.14. The lowest BCUT2D eigenvalue weighted by molar-refractivity contribution is -0.140. The zero-order valence-electron chi connectivity index (χ0n) is 14.3. The SMILES string of the molecule is COCCN1C(=O)c2ccccc2[C@@H](C(=O)O)[C@@H]1c1cccc(C)c1. The highest BCUT2D eigenvalue weighted by atomic mass is 16.5. The number of aliphatic carboxylic acids is 1. The van der Waals surface area contributed by atoms with Gasteiger partial charge in [-0.3, -0.25) is 9.59 Å². The first kappa shape index (κ1) is 17.2. The fraction of sp³-hybridized carbons (Fsp3) is 0.300. The number of carbonyl (C=O) groups is 2. The number of fused-ring (bicyclic) bond motifs is 1. The van der Waals surface area contributed by atoms with Crippen molar-refractivity contribution in [1.29, 1.82) is 0 Å². The largest absolute Gasteiger partial charge is 0.481 e. The number of nitrogens with zero attached hydrogens (tertiary/aromatic N) is 1. The maximum Gasteiger partial charge on any atom is 0.313 e. The fourth-order valence-corrected chi connectivity index (χ4v) is 3.52. The summed E-state index contributed by atoms with van der Waals surface area (Å²) in [6.07, 6.45) is 0. The maximum absolute atomic E-state index is 13.0. The lowest BCUT2D eigenvalue weighted by Gasteiger charge is -2.40. The van der Waals surface area contributed by atoms with Gasteiger partial charge in [0.05, 0.1) is 12.6 Å². The van der Waals surface area contributed by atoms with Gasteiger partial charge in [-0.2, -0.15) is 0 Å². The average Bonchev–Trinajstić information content (AvgIpc) is 2.60. The molecule has 0 fully saturated rings. The van der Waals surface area contributed by atoms with Gasteiger partial charge in [-0.25, -0.2) is 0 Å². The molecule has 5 heteroatoms. The molecule has 130 valence electrons. The number of rotatable bonds is 5. The van der Waals surface area contributed by atoms with Crippen molar-refractivity contribution in [2.24, 2.45) is 0 Å². The molecule has 0 aromatic heterocycles. The molecule has 1 aliphatic rings. The van der Waals surface area contributed by atoms with Crippen LogP contribution in [0.3, 0.4) is 0 Å². The first-order chi connectivity index (χ1) is 12.0. The van der Waals surface area contributed by atoms with Crippen LogP contribution >= 0.6 is 0 Å². The quantitative estimate of drug-likeness (QED) is 0.909. The van der Waals surface area contributed by atoms with E-state index in [4.69, 9.17) is 4.74 Å². The molecule has 1 aliphatic heterocycles. The van der Waals surface area contributed by atoms with Crippen LogP contribution in [0, 0.1) is 6.92 Å². The average molecular weight is 339 g/mol. The molecule has 1 amide bonds. The van der Waals surface area contributed by atoms with Crippen molar-refractivity contribution in [3.63, 3.8) is 0 Å². The smallest absolute Gasteiger partial charge is 0.313 e. The number of benzene rings is 2. The fourth-order valence-electron chi connectivity index (χ4n) is 3.52. The van der Waals surface area contributed by atoms with Gasteiger partial charge in [0.25, 0.3) is 5.91 Å². The minimum atomic E-state index is -0.936. The Morgan fingerprint density at radius 2 is 1.96 bits per heavy atom. The number of hydrogen-bond acceptors (Lipinski definition) is 3. The summed E-state index contributed by atoms with van der Waals surface area (Å²) in [5.74, 6) is -1.90. The second-order valence-electron chi connectivity index (χ2n) is 6.25. The van der Waals surface area contributed by atoms with Gasteiger partial charge in [-0.05, 0) is 24.1 Å². The van der Waals surface area contributed by atoms with E-state index in [9.17, 15) is 14.7 Å². The van der Waals surface area contributed by atoms with Gasteiger partial charge in [-0.15, -0.1) is 0 Å². The Hall–Kier alpha value is -2.66. The van der Waals surface area contributed by atoms with E-state index in [1.165, 1.54) is 0 Å². The predicted octanol–water partition coefficient (Wildman–Crippen LogP) is 3.01. The maximum atomic E-state index is 13.0. The zero-order valence-corrected chi connectivity index (χ0v) is 14.3. The van der Waals surface area contributed by atoms with Crippen molar-refractivity contribution in [2.75, 3.05) is 20.3 Å². The number of hydrogen-bond donors (Lipinski definition) is 1. The summed E-state index contributed by atoms with van der Waals surface area (Å²) in [7, 11) is 1.57. The molecule has 0 spiro atoms. The molecule has 1 heterocycles. The van der Waals surface area contributed by atoms with E-state index in [1.807, 2.05) is 31.2 Å². The highest BCUT2D eigenvalue weighted by Gasteiger charge is 2.43. The summed E-state index contributed by atoms with van der Waals surface area (Å²) in [5.41, 5.74) is 2.88. The van der Waals surface area contributed by atoms with Crippen LogP contribution in [0.4, 0.5) is 0 Å². The summed E-state index contributed by atoms with van der Waals surface area (Å²) >= 11 is 0. The second kappa shape index (κ2) is 7.07. The monoisotopic (exact) mass is 339 g/mol. The minimum Gasteiger partial charge on any atom is -0.481 e. The number of methoxy groups -OCH3 is 1. The van der Waals surface area contributed by atoms with Crippen LogP contribution in [-0.2, 0) is 9.53 Å². The van der Waals surface area contributed by atoms with Crippen LogP contribution < -0.4 is 0 Å². The Bertz CT molecular complexity index is 802. The molecule has 0 saturated carbocycles. The molecular formula is C20H21NO4. The van der Waals surface area contributed by atoms with E-state index in [-0.39, 0.29) is 5.91 Å². The molecule has 2 aromatic carbocycles. The Kier molecular flexibility index (Phi) is 4.86. The van der Waals surface area contributed by atoms with Gasteiger partial charge in [0.2, 0.25) is 0 Å². The van der Waals surface area contributed by atoms with Crippen molar-refractivity contribution in [2.45, 2.75) is 18.9 Å². The van der Waals surface area contributed by atoms with E-state index in [2.05, 4.69) is 0 Å². The lowest BCUT2D eigenvalue weighted by atomic mass is 9.79. The molecule has 5 nitrogen and oxygen atoms in total. The molecule has 0 saturated heterocycles. The van der Waals surface area contributed by atoms with Crippen molar-refractivity contribution in [3.05, 3.63) is 70.8 Å². The van der Waals surface area contributed by atoms with Gasteiger partial charge < -0.3 is 14.7 Å². The first-order valence-corrected chi connectivity index (χ1v) is 8.22. The van der Waals surface area contributed by atoms with E-state index in [0.717, 1.165) is 11.1 Å². The molecule has 0 unspecified atom stereocenters. The topological polar surface area (TPSA) is 66.8 Å². The molecule has 0 aliphatic carbocycles. The molecule has 2 aromatic rings. The van der Waals surface area contributed by atoms with Crippen LogP contribution in [0.1, 0.15) is 39.0 Å². The number of aryl methyl sites for hydroxylation is 1. The van der Waals surface area contributed by atoms with Gasteiger partial charge in [0.1, 0.15) is 5.92 Å². The standard InChI is InChI=1S/C20H21NO4/c1-13-6-5-7-14(12-13)18-17(20(23)24)15-8-3-4-9-16(15)19(22)21(18)10-11-25-2/h3-9,12,17-18H,10-11H2,1-2H3,(H,23,24)/t17-,18+/m1/s1. The third-order valence-electron chi connectivity index (χ3n) is 4.62. The molecule has 1 N–H and O–H groups in total. The lowest BCUT2D eigenvalue weighted by Crippen LogP contribution is -2.46. The van der Waals surface area contributed by atoms with Gasteiger partial charge >= 0.3 is 5.97 Å². The van der Waals surface area contributed by atoms with Crippen LogP contribution in [0.25, 0.3) is 0 Å². The third-order valence-corrected chi connectivity index (χ3v) is 4.62. The van der Waals surface area contributed by atoms with Crippen LogP contribution in [0.5, 0.6) is 0 Å². The van der Waals surface area contributed by atoms with Gasteiger partial charge in [0, 0.05) is 19.2 Å². The van der Waals surface area contributed by atoms with Gasteiger partial charge in [0.15, 0.2) is 0 Å². The van der Waals surface area contributed by atoms with E-state index in [0.29, 0.717) is 24.3 Å². The van der Waals surface area contributed by atoms with Crippen molar-refractivity contribution in [3.8, 4) is 0 Å². The van der Waals surface area contributed by atoms with Gasteiger partial charge in [-0.1, -0.05) is 48.0 Å². The minimum absolute atomic E-state index is 0.156. The van der Waals surface area contributed by atoms with Crippen LogP contribution in [0.2, 0.25) is 0 Å². The molecule has 25 heavy (non-hydrogen) atoms. The van der Waals surface area contributed by atoms with Crippen LogP contribution in [-0.4, -0.2) is 42.1 Å². The molecule has 0 radical (unpaired) electrons. The van der Waals surface area contributed by atoms with E-state index < -0.39 is 17.9 Å². The Labute approximate surface area is 146 Å². The first-order valence-electron chi connectivity index (χ1n) is 8.22. The Morgan fingerprint density at radius 3 is 2.64 bits per heavy atom. The normalized spacial score (nSPS) is 19.6. The van der Waals surface area contributed by atoms with Crippen molar-refractivity contribution < 1.29 is 19.4 Å². The molecule has 0 bridgehead atoms. The highest BCUT2D eigenvalue weighted by molar-refractivity contribution is 6.00. The number of amides is 1. The Morgan fingerprint density at radius 1 is 1.20 bits per heavy atom. The van der Waals surface area contributed by atoms with E-state index in [1.54, 1.807) is 36.3 Å². The molecular weight excluding hydrogens is 318 g/mol. The predicted molar refractivity (Wildman–Crippen MR) is 93.7 cm³/mol. The summed E-state index contributed by atoms with van der Waals surface area (Å²) in [5, 5.41) is 9.95. The summed E-state index contributed by atoms with van der Waals surface area (Å²) in [4.78, 5) is 26.8. The second-order valence-corrected chi connectivity index (χ2v) is 6.25.